The van der Waals surface area contributed by atoms with E-state index in [1.54, 1.807) is 0 Å². The highest BCUT2D eigenvalue weighted by atomic mass is 16.5. The maximum absolute atomic E-state index is 9.29. The lowest BCUT2D eigenvalue weighted by atomic mass is 9.34. The number of aliphatic hydroxyl groups is 1. The lowest BCUT2D eigenvalue weighted by molar-refractivity contribution is -0.168. The van der Waals surface area contributed by atoms with Crippen LogP contribution in [-0.4, -0.2) is 18.3 Å². The molecule has 0 atom stereocenters. The normalized spacial score (nSPS) is 35.1. The molecule has 4 rings (SSSR count). The lowest BCUT2D eigenvalue weighted by Gasteiger charge is -2.70. The Morgan fingerprint density at radius 3 is 2.56 bits per heavy atom. The second kappa shape index (κ2) is 3.24. The molecule has 86 valence electrons. The standard InChI is InChI=1S/C14H18O2/c1-2-16-12-6-4-3-5-11(12)14-7-13(8-14,9-14)10-15/h3-6,15H,2,7-10H2,1H3. The van der Waals surface area contributed by atoms with Gasteiger partial charge in [0.25, 0.3) is 0 Å². The van der Waals surface area contributed by atoms with Crippen molar-refractivity contribution >= 4 is 0 Å². The van der Waals surface area contributed by atoms with Crippen molar-refractivity contribution in [3.63, 3.8) is 0 Å². The molecule has 0 aliphatic heterocycles. The maximum Gasteiger partial charge on any atom is 0.123 e. The largest absolute Gasteiger partial charge is 0.494 e. The van der Waals surface area contributed by atoms with Gasteiger partial charge in [-0.15, -0.1) is 0 Å². The second-order valence-electron chi connectivity index (χ2n) is 5.40. The maximum atomic E-state index is 9.29. The lowest BCUT2D eigenvalue weighted by Crippen LogP contribution is -2.66. The van der Waals surface area contributed by atoms with Crippen molar-refractivity contribution in [1.29, 1.82) is 0 Å². The fourth-order valence-electron chi connectivity index (χ4n) is 3.64. The smallest absolute Gasteiger partial charge is 0.123 e. The Balaban J connectivity index is 1.86. The molecule has 0 unspecified atom stereocenters. The minimum absolute atomic E-state index is 0.263. The number of hydrogen-bond donors (Lipinski definition) is 1. The molecule has 1 aromatic rings. The molecule has 2 bridgehead atoms. The number of rotatable bonds is 4. The molecule has 16 heavy (non-hydrogen) atoms. The fraction of sp³-hybridized carbons (Fsp3) is 0.571. The average molecular weight is 218 g/mol. The quantitative estimate of drug-likeness (QED) is 0.841. The zero-order valence-electron chi connectivity index (χ0n) is 9.70. The molecule has 3 aliphatic rings. The average Bonchev–Trinajstić information content (AvgIpc) is 2.18. The third kappa shape index (κ3) is 1.17. The van der Waals surface area contributed by atoms with Crippen LogP contribution in [0.1, 0.15) is 31.7 Å². The minimum atomic E-state index is 0.263. The second-order valence-corrected chi connectivity index (χ2v) is 5.40. The zero-order valence-corrected chi connectivity index (χ0v) is 9.70. The molecule has 2 heteroatoms. The first-order valence-corrected chi connectivity index (χ1v) is 6.07. The summed E-state index contributed by atoms with van der Waals surface area (Å²) in [5.74, 6) is 1.04. The van der Waals surface area contributed by atoms with Crippen LogP contribution < -0.4 is 4.74 Å². The van der Waals surface area contributed by atoms with Crippen LogP contribution in [-0.2, 0) is 5.41 Å². The molecule has 2 nitrogen and oxygen atoms in total. The van der Waals surface area contributed by atoms with E-state index in [0.29, 0.717) is 12.0 Å². The summed E-state index contributed by atoms with van der Waals surface area (Å²) in [4.78, 5) is 0. The van der Waals surface area contributed by atoms with Crippen molar-refractivity contribution in [2.75, 3.05) is 13.2 Å². The highest BCUT2D eigenvalue weighted by molar-refractivity contribution is 5.47. The van der Waals surface area contributed by atoms with Gasteiger partial charge in [-0.2, -0.15) is 0 Å². The van der Waals surface area contributed by atoms with Crippen LogP contribution in [0.15, 0.2) is 24.3 Å². The van der Waals surface area contributed by atoms with Gasteiger partial charge in [-0.3, -0.25) is 0 Å². The van der Waals surface area contributed by atoms with Crippen molar-refractivity contribution in [2.45, 2.75) is 31.6 Å². The third-order valence-corrected chi connectivity index (χ3v) is 4.23. The monoisotopic (exact) mass is 218 g/mol. The van der Waals surface area contributed by atoms with E-state index < -0.39 is 0 Å². The van der Waals surface area contributed by atoms with Gasteiger partial charge in [-0.25, -0.2) is 0 Å². The summed E-state index contributed by atoms with van der Waals surface area (Å²) in [7, 11) is 0. The number of para-hydroxylation sites is 1. The van der Waals surface area contributed by atoms with E-state index in [9.17, 15) is 5.11 Å². The van der Waals surface area contributed by atoms with Crippen molar-refractivity contribution in [2.24, 2.45) is 5.41 Å². The van der Waals surface area contributed by atoms with E-state index in [2.05, 4.69) is 18.2 Å². The predicted octanol–water partition coefficient (Wildman–Crippen LogP) is 2.50. The number of benzene rings is 1. The van der Waals surface area contributed by atoms with Crippen LogP contribution in [0.25, 0.3) is 0 Å². The van der Waals surface area contributed by atoms with Gasteiger partial charge in [-0.05, 0) is 37.7 Å². The highest BCUT2D eigenvalue weighted by Gasteiger charge is 2.68. The van der Waals surface area contributed by atoms with Crippen molar-refractivity contribution in [3.8, 4) is 5.75 Å². The molecule has 1 aromatic carbocycles. The van der Waals surface area contributed by atoms with Gasteiger partial charge in [0.2, 0.25) is 0 Å². The molecule has 0 heterocycles. The summed E-state index contributed by atoms with van der Waals surface area (Å²) in [6.45, 7) is 3.10. The molecule has 0 saturated heterocycles. The Labute approximate surface area is 96.2 Å². The summed E-state index contributed by atoms with van der Waals surface area (Å²) < 4.78 is 5.69. The van der Waals surface area contributed by atoms with Gasteiger partial charge in [-0.1, -0.05) is 18.2 Å². The van der Waals surface area contributed by atoms with E-state index in [0.717, 1.165) is 31.6 Å². The van der Waals surface area contributed by atoms with Crippen LogP contribution in [0.3, 0.4) is 0 Å². The summed E-state index contributed by atoms with van der Waals surface area (Å²) >= 11 is 0. The Morgan fingerprint density at radius 1 is 1.25 bits per heavy atom. The van der Waals surface area contributed by atoms with E-state index in [1.165, 1.54) is 5.56 Å². The van der Waals surface area contributed by atoms with Gasteiger partial charge < -0.3 is 9.84 Å². The Hall–Kier alpha value is -1.02. The van der Waals surface area contributed by atoms with Crippen LogP contribution in [0.4, 0.5) is 0 Å². The van der Waals surface area contributed by atoms with Gasteiger partial charge >= 0.3 is 0 Å². The summed E-state index contributed by atoms with van der Waals surface area (Å²) in [6.07, 6.45) is 3.42. The molecule has 3 fully saturated rings. The van der Waals surface area contributed by atoms with E-state index in [4.69, 9.17) is 4.74 Å². The Kier molecular flexibility index (Phi) is 2.05. The SMILES string of the molecule is CCOc1ccccc1C12CC(CO)(C1)C2. The molecule has 0 spiro atoms. The molecular formula is C14H18O2. The molecule has 3 aliphatic carbocycles. The van der Waals surface area contributed by atoms with Crippen LogP contribution in [0.5, 0.6) is 5.75 Å². The fourth-order valence-corrected chi connectivity index (χ4v) is 3.64. The first-order valence-electron chi connectivity index (χ1n) is 6.07. The summed E-state index contributed by atoms with van der Waals surface area (Å²) in [5, 5.41) is 9.29. The Morgan fingerprint density at radius 2 is 1.94 bits per heavy atom. The van der Waals surface area contributed by atoms with Crippen molar-refractivity contribution < 1.29 is 9.84 Å². The van der Waals surface area contributed by atoms with Crippen molar-refractivity contribution in [3.05, 3.63) is 29.8 Å². The van der Waals surface area contributed by atoms with Gasteiger partial charge in [0.15, 0.2) is 0 Å². The first-order chi connectivity index (χ1) is 7.74. The Bertz CT molecular complexity index is 391. The van der Waals surface area contributed by atoms with Gasteiger partial charge in [0.05, 0.1) is 6.61 Å². The zero-order chi connectivity index (χ0) is 11.2. The summed E-state index contributed by atoms with van der Waals surface area (Å²) in [5.41, 5.74) is 1.94. The van der Waals surface area contributed by atoms with Gasteiger partial charge in [0.1, 0.15) is 5.75 Å². The molecule has 1 N–H and O–H groups in total. The highest BCUT2D eigenvalue weighted by Crippen LogP contribution is 2.74. The molecule has 0 radical (unpaired) electrons. The number of ether oxygens (including phenoxy) is 1. The molecular weight excluding hydrogens is 200 g/mol. The van der Waals surface area contributed by atoms with Crippen LogP contribution in [0.2, 0.25) is 0 Å². The van der Waals surface area contributed by atoms with Crippen molar-refractivity contribution in [1.82, 2.24) is 0 Å². The molecule has 0 amide bonds. The topological polar surface area (TPSA) is 29.5 Å². The van der Waals surface area contributed by atoms with E-state index >= 15 is 0 Å². The minimum Gasteiger partial charge on any atom is -0.494 e. The summed E-state index contributed by atoms with van der Waals surface area (Å²) in [6, 6.07) is 8.36. The van der Waals surface area contributed by atoms with Crippen LogP contribution in [0, 0.1) is 5.41 Å². The van der Waals surface area contributed by atoms with Gasteiger partial charge in [0, 0.05) is 17.6 Å². The molecule has 3 saturated carbocycles. The number of hydrogen-bond acceptors (Lipinski definition) is 2. The van der Waals surface area contributed by atoms with E-state index in [1.807, 2.05) is 13.0 Å². The first kappa shape index (κ1) is 10.2. The third-order valence-electron chi connectivity index (χ3n) is 4.23. The van der Waals surface area contributed by atoms with Crippen LogP contribution >= 0.6 is 0 Å². The predicted molar refractivity (Wildman–Crippen MR) is 62.7 cm³/mol. The number of aliphatic hydroxyl groups excluding tert-OH is 1. The van der Waals surface area contributed by atoms with E-state index in [-0.39, 0.29) is 5.41 Å². The molecule has 0 aromatic heterocycles.